The number of thioether (sulfide) groups is 1. The smallest absolute Gasteiger partial charge is 0.255 e. The second-order valence-corrected chi connectivity index (χ2v) is 5.50. The first-order chi connectivity index (χ1) is 8.58. The van der Waals surface area contributed by atoms with Gasteiger partial charge in [-0.3, -0.25) is 0 Å². The number of aromatic nitrogens is 1. The highest BCUT2D eigenvalue weighted by atomic mass is 32.2. The van der Waals surface area contributed by atoms with E-state index < -0.39 is 0 Å². The van der Waals surface area contributed by atoms with E-state index in [0.717, 1.165) is 5.75 Å². The quantitative estimate of drug-likeness (QED) is 0.858. The summed E-state index contributed by atoms with van der Waals surface area (Å²) in [7, 11) is 0. The van der Waals surface area contributed by atoms with E-state index in [-0.39, 0.29) is 6.04 Å². The van der Waals surface area contributed by atoms with Crippen molar-refractivity contribution in [1.82, 2.24) is 4.98 Å². The lowest BCUT2D eigenvalue weighted by atomic mass is 9.95. The molecule has 1 aromatic carbocycles. The van der Waals surface area contributed by atoms with Crippen molar-refractivity contribution in [2.45, 2.75) is 32.0 Å². The van der Waals surface area contributed by atoms with E-state index in [1.54, 1.807) is 24.2 Å². The Bertz CT molecular complexity index is 500. The Morgan fingerprint density at radius 3 is 2.50 bits per heavy atom. The molecule has 2 rings (SSSR count). The Morgan fingerprint density at radius 2 is 1.94 bits per heavy atom. The molecule has 2 N–H and O–H groups in total. The minimum absolute atomic E-state index is 0.00231. The summed E-state index contributed by atoms with van der Waals surface area (Å²) in [6.07, 6.45) is 3.23. The predicted molar refractivity (Wildman–Crippen MR) is 74.8 cm³/mol. The number of nitrogens with two attached hydrogens (primary N) is 1. The van der Waals surface area contributed by atoms with Gasteiger partial charge in [-0.25, -0.2) is 4.98 Å². The van der Waals surface area contributed by atoms with Gasteiger partial charge in [0.05, 0.1) is 6.20 Å². The Kier molecular flexibility index (Phi) is 4.09. The highest BCUT2D eigenvalue weighted by Crippen LogP contribution is 2.27. The monoisotopic (exact) mass is 262 g/mol. The number of hydrogen-bond acceptors (Lipinski definition) is 4. The van der Waals surface area contributed by atoms with E-state index in [4.69, 9.17) is 10.2 Å². The third-order valence-electron chi connectivity index (χ3n) is 2.90. The van der Waals surface area contributed by atoms with Crippen molar-refractivity contribution in [1.29, 1.82) is 0 Å². The lowest BCUT2D eigenvalue weighted by molar-refractivity contribution is 0.454. The third-order valence-corrected chi connectivity index (χ3v) is 3.88. The van der Waals surface area contributed by atoms with Crippen molar-refractivity contribution in [2.24, 2.45) is 5.73 Å². The SMILES string of the molecule is Cc1cc(C)c(C(N)CSc2ncco2)c(C)c1. The zero-order valence-corrected chi connectivity index (χ0v) is 11.8. The lowest BCUT2D eigenvalue weighted by Gasteiger charge is -2.17. The summed E-state index contributed by atoms with van der Waals surface area (Å²) in [4.78, 5) is 4.08. The van der Waals surface area contributed by atoms with Gasteiger partial charge in [0.2, 0.25) is 0 Å². The number of rotatable bonds is 4. The average Bonchev–Trinajstić information content (AvgIpc) is 2.77. The fourth-order valence-corrected chi connectivity index (χ4v) is 3.05. The molecule has 0 saturated heterocycles. The van der Waals surface area contributed by atoms with E-state index in [2.05, 4.69) is 37.9 Å². The summed E-state index contributed by atoms with van der Waals surface area (Å²) in [5, 5.41) is 0.674. The van der Waals surface area contributed by atoms with Crippen LogP contribution in [-0.2, 0) is 0 Å². The second-order valence-electron chi connectivity index (χ2n) is 4.53. The molecule has 0 aliphatic heterocycles. The van der Waals surface area contributed by atoms with E-state index in [9.17, 15) is 0 Å². The Morgan fingerprint density at radius 1 is 1.28 bits per heavy atom. The van der Waals surface area contributed by atoms with Crippen LogP contribution in [0.5, 0.6) is 0 Å². The fraction of sp³-hybridized carbons (Fsp3) is 0.357. The van der Waals surface area contributed by atoms with Gasteiger partial charge in [-0.1, -0.05) is 29.5 Å². The standard InChI is InChI=1S/C14H18N2OS/c1-9-6-10(2)13(11(3)7-9)12(15)8-18-14-16-4-5-17-14/h4-7,12H,8,15H2,1-3H3. The molecule has 1 atom stereocenters. The number of benzene rings is 1. The van der Waals surface area contributed by atoms with Crippen molar-refractivity contribution in [3.8, 4) is 0 Å². The van der Waals surface area contributed by atoms with Crippen LogP contribution >= 0.6 is 11.8 Å². The molecule has 3 nitrogen and oxygen atoms in total. The molecule has 18 heavy (non-hydrogen) atoms. The second kappa shape index (κ2) is 5.59. The average molecular weight is 262 g/mol. The molecule has 0 radical (unpaired) electrons. The molecular formula is C14H18N2OS. The van der Waals surface area contributed by atoms with Crippen LogP contribution < -0.4 is 5.73 Å². The van der Waals surface area contributed by atoms with Crippen LogP contribution in [-0.4, -0.2) is 10.7 Å². The molecule has 1 unspecified atom stereocenters. The van der Waals surface area contributed by atoms with Gasteiger partial charge in [-0.05, 0) is 37.5 Å². The molecule has 0 aliphatic carbocycles. The Balaban J connectivity index is 2.11. The van der Waals surface area contributed by atoms with Crippen molar-refractivity contribution in [3.05, 3.63) is 46.8 Å². The van der Waals surface area contributed by atoms with Gasteiger partial charge < -0.3 is 10.2 Å². The molecule has 1 aromatic heterocycles. The van der Waals surface area contributed by atoms with E-state index in [1.165, 1.54) is 22.3 Å². The highest BCUT2D eigenvalue weighted by Gasteiger charge is 2.13. The van der Waals surface area contributed by atoms with Gasteiger partial charge in [0.15, 0.2) is 0 Å². The first-order valence-corrected chi connectivity index (χ1v) is 6.92. The lowest BCUT2D eigenvalue weighted by Crippen LogP contribution is -2.16. The topological polar surface area (TPSA) is 52.0 Å². The summed E-state index contributed by atoms with van der Waals surface area (Å²) in [5.74, 6) is 0.769. The minimum Gasteiger partial charge on any atom is -0.440 e. The first-order valence-electron chi connectivity index (χ1n) is 5.93. The van der Waals surface area contributed by atoms with Crippen molar-refractivity contribution >= 4 is 11.8 Å². The first kappa shape index (κ1) is 13.2. The van der Waals surface area contributed by atoms with Crippen molar-refractivity contribution in [3.63, 3.8) is 0 Å². The number of aryl methyl sites for hydroxylation is 3. The highest BCUT2D eigenvalue weighted by molar-refractivity contribution is 7.99. The van der Waals surface area contributed by atoms with Crippen LogP contribution in [0.25, 0.3) is 0 Å². The van der Waals surface area contributed by atoms with Gasteiger partial charge in [0, 0.05) is 11.8 Å². The molecule has 0 aliphatic rings. The minimum atomic E-state index is 0.00231. The van der Waals surface area contributed by atoms with Crippen molar-refractivity contribution in [2.75, 3.05) is 5.75 Å². The molecule has 4 heteroatoms. The van der Waals surface area contributed by atoms with E-state index in [0.29, 0.717) is 5.22 Å². The van der Waals surface area contributed by atoms with Crippen LogP contribution in [0.15, 0.2) is 34.2 Å². The van der Waals surface area contributed by atoms with E-state index >= 15 is 0 Å². The van der Waals surface area contributed by atoms with Gasteiger partial charge in [0.1, 0.15) is 6.26 Å². The summed E-state index contributed by atoms with van der Waals surface area (Å²) >= 11 is 1.55. The van der Waals surface area contributed by atoms with Crippen LogP contribution in [0.1, 0.15) is 28.3 Å². The molecule has 0 saturated carbocycles. The summed E-state index contributed by atoms with van der Waals surface area (Å²) in [6, 6.07) is 4.36. The molecule has 0 amide bonds. The maximum Gasteiger partial charge on any atom is 0.255 e. The zero-order chi connectivity index (χ0) is 13.1. The van der Waals surface area contributed by atoms with Crippen LogP contribution in [0.2, 0.25) is 0 Å². The van der Waals surface area contributed by atoms with Crippen LogP contribution in [0.4, 0.5) is 0 Å². The number of oxazole rings is 1. The molecule has 96 valence electrons. The van der Waals surface area contributed by atoms with E-state index in [1.807, 2.05) is 0 Å². The largest absolute Gasteiger partial charge is 0.440 e. The molecule has 0 fully saturated rings. The van der Waals surface area contributed by atoms with Gasteiger partial charge >= 0.3 is 0 Å². The van der Waals surface area contributed by atoms with Crippen LogP contribution in [0.3, 0.4) is 0 Å². The molecule has 0 spiro atoms. The van der Waals surface area contributed by atoms with Gasteiger partial charge in [-0.2, -0.15) is 0 Å². The Hall–Kier alpha value is -1.26. The molecule has 1 heterocycles. The fourth-order valence-electron chi connectivity index (χ4n) is 2.30. The van der Waals surface area contributed by atoms with Crippen LogP contribution in [0, 0.1) is 20.8 Å². The maximum absolute atomic E-state index is 6.27. The number of nitrogens with zero attached hydrogens (tertiary/aromatic N) is 1. The predicted octanol–water partition coefficient (Wildman–Crippen LogP) is 3.39. The maximum atomic E-state index is 6.27. The van der Waals surface area contributed by atoms with Gasteiger partial charge in [0.25, 0.3) is 5.22 Å². The Labute approximate surface area is 112 Å². The van der Waals surface area contributed by atoms with Crippen molar-refractivity contribution < 1.29 is 4.42 Å². The molecule has 0 bridgehead atoms. The van der Waals surface area contributed by atoms with Gasteiger partial charge in [-0.15, -0.1) is 0 Å². The molecular weight excluding hydrogens is 244 g/mol. The zero-order valence-electron chi connectivity index (χ0n) is 10.9. The summed E-state index contributed by atoms with van der Waals surface area (Å²) < 4.78 is 5.20. The normalized spacial score (nSPS) is 12.7. The molecule has 2 aromatic rings. The summed E-state index contributed by atoms with van der Waals surface area (Å²) in [5.41, 5.74) is 11.3. The summed E-state index contributed by atoms with van der Waals surface area (Å²) in [6.45, 7) is 6.34. The third kappa shape index (κ3) is 2.94. The number of hydrogen-bond donors (Lipinski definition) is 1.